The zero-order valence-corrected chi connectivity index (χ0v) is 18.8. The molecule has 0 aliphatic heterocycles. The van der Waals surface area contributed by atoms with Crippen molar-refractivity contribution in [3.63, 3.8) is 0 Å². The number of carbonyl (C=O) groups is 1. The minimum absolute atomic E-state index is 0.00964. The highest BCUT2D eigenvalue weighted by Gasteiger charge is 2.13. The van der Waals surface area contributed by atoms with Crippen LogP contribution in [0.4, 0.5) is 11.5 Å². The molecule has 0 atom stereocenters. The molecule has 0 bridgehead atoms. The topological polar surface area (TPSA) is 128 Å². The third kappa shape index (κ3) is 6.03. The number of benzene rings is 1. The number of anilines is 1. The summed E-state index contributed by atoms with van der Waals surface area (Å²) in [5.74, 6) is 1.38. The second-order valence-electron chi connectivity index (χ2n) is 6.79. The van der Waals surface area contributed by atoms with Crippen molar-refractivity contribution in [2.75, 3.05) is 24.2 Å². The highest BCUT2D eigenvalue weighted by atomic mass is 32.2. The summed E-state index contributed by atoms with van der Waals surface area (Å²) in [5, 5.41) is 22.8. The molecule has 2 N–H and O–H groups in total. The van der Waals surface area contributed by atoms with E-state index in [0.717, 1.165) is 35.6 Å². The van der Waals surface area contributed by atoms with Gasteiger partial charge in [0.15, 0.2) is 10.8 Å². The number of nitrogens with zero attached hydrogens (tertiary/aromatic N) is 5. The van der Waals surface area contributed by atoms with E-state index in [2.05, 4.69) is 39.5 Å². The van der Waals surface area contributed by atoms with Crippen LogP contribution < -0.4 is 10.6 Å². The summed E-state index contributed by atoms with van der Waals surface area (Å²) in [6, 6.07) is 5.98. The maximum Gasteiger partial charge on any atom is 0.269 e. The van der Waals surface area contributed by atoms with Gasteiger partial charge in [0.1, 0.15) is 5.82 Å². The van der Waals surface area contributed by atoms with Crippen LogP contribution in [-0.4, -0.2) is 49.4 Å². The predicted molar refractivity (Wildman–Crippen MR) is 126 cm³/mol. The third-order valence-electron chi connectivity index (χ3n) is 4.45. The molecule has 0 aliphatic carbocycles. The molecule has 0 radical (unpaired) electrons. The Kier molecular flexibility index (Phi) is 8.14. The van der Waals surface area contributed by atoms with Crippen molar-refractivity contribution in [2.24, 2.45) is 0 Å². The Balaban J connectivity index is 1.62. The summed E-state index contributed by atoms with van der Waals surface area (Å²) >= 11 is 1.57. The molecule has 2 aromatic heterocycles. The average Bonchev–Trinajstić information content (AvgIpc) is 3.19. The van der Waals surface area contributed by atoms with Crippen molar-refractivity contribution < 1.29 is 9.72 Å². The fourth-order valence-corrected chi connectivity index (χ4v) is 3.46. The number of rotatable bonds is 11. The smallest absolute Gasteiger partial charge is 0.269 e. The maximum atomic E-state index is 12.1. The highest BCUT2D eigenvalue weighted by molar-refractivity contribution is 7.99. The van der Waals surface area contributed by atoms with Crippen LogP contribution in [0.15, 0.2) is 41.7 Å². The molecule has 0 saturated carbocycles. The van der Waals surface area contributed by atoms with E-state index >= 15 is 0 Å². The van der Waals surface area contributed by atoms with Crippen LogP contribution in [0.2, 0.25) is 0 Å². The summed E-state index contributed by atoms with van der Waals surface area (Å²) in [4.78, 5) is 31.6. The molecule has 10 nitrogen and oxygen atoms in total. The van der Waals surface area contributed by atoms with Crippen molar-refractivity contribution in [3.8, 4) is 0 Å². The van der Waals surface area contributed by atoms with Crippen LogP contribution in [0.5, 0.6) is 0 Å². The van der Waals surface area contributed by atoms with Gasteiger partial charge < -0.3 is 10.6 Å². The fourth-order valence-electron chi connectivity index (χ4n) is 2.89. The molecule has 1 amide bonds. The van der Waals surface area contributed by atoms with Gasteiger partial charge in [-0.2, -0.15) is 5.10 Å². The van der Waals surface area contributed by atoms with Crippen molar-refractivity contribution >= 4 is 46.3 Å². The lowest BCUT2D eigenvalue weighted by Gasteiger charge is -2.09. The summed E-state index contributed by atoms with van der Waals surface area (Å²) in [7, 11) is 0. The van der Waals surface area contributed by atoms with Gasteiger partial charge in [-0.25, -0.2) is 14.6 Å². The average molecular weight is 456 g/mol. The zero-order valence-electron chi connectivity index (χ0n) is 17.9. The van der Waals surface area contributed by atoms with E-state index in [9.17, 15) is 14.9 Å². The Morgan fingerprint density at radius 3 is 2.69 bits per heavy atom. The normalized spacial score (nSPS) is 11.2. The number of aromatic nitrogens is 4. The van der Waals surface area contributed by atoms with Crippen molar-refractivity contribution in [3.05, 3.63) is 52.2 Å². The zero-order chi connectivity index (χ0) is 22.9. The Labute approximate surface area is 189 Å². The number of nitrogens with one attached hydrogen (secondary N) is 2. The fraction of sp³-hybridized carbons (Fsp3) is 0.333. The minimum Gasteiger partial charge on any atom is -0.369 e. The van der Waals surface area contributed by atoms with Crippen LogP contribution in [0.25, 0.3) is 17.1 Å². The Hall–Kier alpha value is -3.47. The first-order valence-corrected chi connectivity index (χ1v) is 11.3. The van der Waals surface area contributed by atoms with Gasteiger partial charge in [-0.3, -0.25) is 14.9 Å². The minimum atomic E-state index is -0.461. The van der Waals surface area contributed by atoms with Gasteiger partial charge in [0, 0.05) is 31.3 Å². The lowest BCUT2D eigenvalue weighted by atomic mass is 10.2. The maximum absolute atomic E-state index is 12.1. The first-order chi connectivity index (χ1) is 15.5. The van der Waals surface area contributed by atoms with Crippen molar-refractivity contribution in [2.45, 2.75) is 32.0 Å². The van der Waals surface area contributed by atoms with Crippen LogP contribution in [-0.2, 0) is 11.3 Å². The molecular weight excluding hydrogens is 430 g/mol. The lowest BCUT2D eigenvalue weighted by Crippen LogP contribution is -2.25. The van der Waals surface area contributed by atoms with Crippen LogP contribution in [0.3, 0.4) is 0 Å². The van der Waals surface area contributed by atoms with Gasteiger partial charge >= 0.3 is 0 Å². The summed E-state index contributed by atoms with van der Waals surface area (Å²) < 4.78 is 1.76. The summed E-state index contributed by atoms with van der Waals surface area (Å²) in [5.41, 5.74) is 1.44. The number of amides is 1. The second-order valence-corrected chi connectivity index (χ2v) is 8.02. The number of hydrogen-bond acceptors (Lipinski definition) is 8. The monoisotopic (exact) mass is 455 g/mol. The quantitative estimate of drug-likeness (QED) is 0.148. The largest absolute Gasteiger partial charge is 0.369 e. The van der Waals surface area contributed by atoms with Gasteiger partial charge in [-0.15, -0.1) is 0 Å². The highest BCUT2D eigenvalue weighted by Crippen LogP contribution is 2.24. The molecule has 11 heteroatoms. The Morgan fingerprint density at radius 1 is 1.22 bits per heavy atom. The van der Waals surface area contributed by atoms with E-state index in [-0.39, 0.29) is 11.6 Å². The molecule has 1 aromatic carbocycles. The number of nitro groups is 1. The van der Waals surface area contributed by atoms with E-state index in [1.807, 2.05) is 0 Å². The van der Waals surface area contributed by atoms with Gasteiger partial charge in [0.05, 0.1) is 23.1 Å². The third-order valence-corrected chi connectivity index (χ3v) is 5.17. The molecule has 0 aliphatic rings. The van der Waals surface area contributed by atoms with E-state index in [4.69, 9.17) is 0 Å². The number of fused-ring (bicyclic) bond motifs is 1. The van der Waals surface area contributed by atoms with E-state index in [0.29, 0.717) is 23.8 Å². The van der Waals surface area contributed by atoms with Crippen LogP contribution in [0, 0.1) is 10.1 Å². The molecular formula is C21H25N7O3S. The van der Waals surface area contributed by atoms with Gasteiger partial charge in [0.25, 0.3) is 5.69 Å². The molecule has 32 heavy (non-hydrogen) atoms. The molecule has 168 valence electrons. The van der Waals surface area contributed by atoms with Crippen molar-refractivity contribution in [1.82, 2.24) is 25.1 Å². The van der Waals surface area contributed by atoms with Gasteiger partial charge in [0.2, 0.25) is 5.91 Å². The summed E-state index contributed by atoms with van der Waals surface area (Å²) in [6.07, 6.45) is 5.72. The molecule has 0 fully saturated rings. The Morgan fingerprint density at radius 2 is 2.00 bits per heavy atom. The van der Waals surface area contributed by atoms with Crippen LogP contribution >= 0.6 is 11.8 Å². The number of hydrogen-bond donors (Lipinski definition) is 2. The lowest BCUT2D eigenvalue weighted by molar-refractivity contribution is -0.384. The molecule has 0 saturated heterocycles. The van der Waals surface area contributed by atoms with E-state index in [1.54, 1.807) is 40.8 Å². The number of non-ortho nitro benzene ring substituents is 1. The second kappa shape index (κ2) is 11.2. The van der Waals surface area contributed by atoms with Crippen molar-refractivity contribution in [1.29, 1.82) is 0 Å². The summed E-state index contributed by atoms with van der Waals surface area (Å²) in [6.45, 7) is 5.79. The van der Waals surface area contributed by atoms with Crippen LogP contribution in [0.1, 0.15) is 25.8 Å². The number of nitro benzene ring substituents is 1. The Bertz CT molecular complexity index is 1110. The molecule has 2 heterocycles. The van der Waals surface area contributed by atoms with Gasteiger partial charge in [-0.1, -0.05) is 25.6 Å². The SMILES string of the molecule is CCCNc1nc(SCC)nc2c1cnn2CCNC(=O)/C=C\c1ccc([N+](=O)[O-])cc1. The van der Waals surface area contributed by atoms with E-state index in [1.165, 1.54) is 18.2 Å². The molecule has 0 spiro atoms. The predicted octanol–water partition coefficient (Wildman–Crippen LogP) is 3.50. The molecule has 3 aromatic rings. The standard InChI is InChI=1S/C21H25N7O3S/c1-3-11-23-19-17-14-24-27(20(17)26-21(25-19)32-4-2)13-12-22-18(29)10-7-15-5-8-16(9-6-15)28(30)31/h5-10,14H,3-4,11-13H2,1-2H3,(H,22,29)(H,23,25,26)/b10-7-. The molecule has 3 rings (SSSR count). The number of thioether (sulfide) groups is 1. The van der Waals surface area contributed by atoms with E-state index < -0.39 is 4.92 Å². The first kappa shape index (κ1) is 23.2. The first-order valence-electron chi connectivity index (χ1n) is 10.3. The van der Waals surface area contributed by atoms with Gasteiger partial charge in [-0.05, 0) is 35.9 Å². The number of carbonyl (C=O) groups excluding carboxylic acids is 1. The molecule has 0 unspecified atom stereocenters.